The van der Waals surface area contributed by atoms with E-state index in [9.17, 15) is 9.59 Å². The summed E-state index contributed by atoms with van der Waals surface area (Å²) in [5, 5.41) is 8.63. The molecular weight excluding hydrogens is 276 g/mol. The number of carbonyl (C=O) groups excluding carboxylic acids is 2. The summed E-state index contributed by atoms with van der Waals surface area (Å²) in [7, 11) is 0. The lowest BCUT2D eigenvalue weighted by molar-refractivity contribution is 0.0970. The van der Waals surface area contributed by atoms with Crippen molar-refractivity contribution in [3.8, 4) is 0 Å². The Morgan fingerprint density at radius 3 is 2.55 bits per heavy atom. The minimum Gasteiger partial charge on any atom is -0.307 e. The molecule has 0 fully saturated rings. The standard InChI is InChI=1S/C13H14N4O2S/c1-7-4-5-10(8(2)6-7)14-13(19)15-12(18)11-9(3)16-17-20-11/h4-6H,1-3H3,(H2,14,15,18,19). The molecule has 2 N–H and O–H groups in total. The fourth-order valence-corrected chi connectivity index (χ4v) is 2.26. The summed E-state index contributed by atoms with van der Waals surface area (Å²) < 4.78 is 3.66. The number of hydrogen-bond donors (Lipinski definition) is 2. The topological polar surface area (TPSA) is 84.0 Å². The molecule has 2 rings (SSSR count). The van der Waals surface area contributed by atoms with Gasteiger partial charge in [0.2, 0.25) is 0 Å². The molecule has 0 saturated carbocycles. The van der Waals surface area contributed by atoms with Crippen molar-refractivity contribution in [3.63, 3.8) is 0 Å². The Morgan fingerprint density at radius 2 is 1.95 bits per heavy atom. The number of amides is 3. The number of aromatic nitrogens is 2. The van der Waals surface area contributed by atoms with E-state index in [4.69, 9.17) is 0 Å². The molecule has 0 aliphatic heterocycles. The molecule has 1 aromatic heterocycles. The van der Waals surface area contributed by atoms with Gasteiger partial charge in [-0.05, 0) is 43.9 Å². The van der Waals surface area contributed by atoms with Crippen LogP contribution in [0.15, 0.2) is 18.2 Å². The fraction of sp³-hybridized carbons (Fsp3) is 0.231. The highest BCUT2D eigenvalue weighted by Crippen LogP contribution is 2.16. The SMILES string of the molecule is Cc1ccc(NC(=O)NC(=O)c2snnc2C)c(C)c1. The molecule has 0 saturated heterocycles. The second-order valence-corrected chi connectivity index (χ2v) is 5.17. The Labute approximate surface area is 120 Å². The molecule has 2 aromatic rings. The Kier molecular flexibility index (Phi) is 4.09. The molecule has 6 nitrogen and oxygen atoms in total. The number of carbonyl (C=O) groups is 2. The molecule has 0 spiro atoms. The van der Waals surface area contributed by atoms with Gasteiger partial charge < -0.3 is 5.32 Å². The summed E-state index contributed by atoms with van der Waals surface area (Å²) in [5.41, 5.74) is 3.21. The van der Waals surface area contributed by atoms with Crippen LogP contribution in [0.3, 0.4) is 0 Å². The number of imide groups is 1. The zero-order valence-electron chi connectivity index (χ0n) is 11.4. The van der Waals surface area contributed by atoms with Gasteiger partial charge in [0, 0.05) is 5.69 Å². The number of aryl methyl sites for hydroxylation is 3. The zero-order valence-corrected chi connectivity index (χ0v) is 12.2. The van der Waals surface area contributed by atoms with Crippen molar-refractivity contribution in [1.29, 1.82) is 0 Å². The van der Waals surface area contributed by atoms with Crippen LogP contribution in [-0.4, -0.2) is 21.5 Å². The number of benzene rings is 1. The summed E-state index contributed by atoms with van der Waals surface area (Å²) in [5.74, 6) is -0.500. The second kappa shape index (κ2) is 5.79. The quantitative estimate of drug-likeness (QED) is 0.889. The van der Waals surface area contributed by atoms with Gasteiger partial charge in [0.05, 0.1) is 5.69 Å². The molecule has 104 valence electrons. The molecule has 0 aliphatic carbocycles. The average Bonchev–Trinajstić information content (AvgIpc) is 2.79. The molecule has 1 heterocycles. The third-order valence-corrected chi connectivity index (χ3v) is 3.54. The number of nitrogens with one attached hydrogen (secondary N) is 2. The van der Waals surface area contributed by atoms with E-state index in [1.165, 1.54) is 0 Å². The van der Waals surface area contributed by atoms with Crippen LogP contribution >= 0.6 is 11.5 Å². The van der Waals surface area contributed by atoms with E-state index >= 15 is 0 Å². The lowest BCUT2D eigenvalue weighted by atomic mass is 10.1. The highest BCUT2D eigenvalue weighted by atomic mass is 32.1. The monoisotopic (exact) mass is 290 g/mol. The van der Waals surface area contributed by atoms with Crippen molar-refractivity contribution in [2.45, 2.75) is 20.8 Å². The van der Waals surface area contributed by atoms with Crippen molar-refractivity contribution in [2.75, 3.05) is 5.32 Å². The normalized spacial score (nSPS) is 10.2. The molecule has 7 heteroatoms. The number of anilines is 1. The Morgan fingerprint density at radius 1 is 1.20 bits per heavy atom. The first kappa shape index (κ1) is 14.1. The third kappa shape index (κ3) is 3.18. The molecule has 0 radical (unpaired) electrons. The van der Waals surface area contributed by atoms with Gasteiger partial charge in [0.15, 0.2) is 0 Å². The van der Waals surface area contributed by atoms with E-state index < -0.39 is 11.9 Å². The summed E-state index contributed by atoms with van der Waals surface area (Å²) in [6.45, 7) is 5.53. The van der Waals surface area contributed by atoms with Crippen LogP contribution in [0.4, 0.5) is 10.5 Å². The average molecular weight is 290 g/mol. The van der Waals surface area contributed by atoms with E-state index in [2.05, 4.69) is 20.2 Å². The van der Waals surface area contributed by atoms with E-state index in [0.29, 0.717) is 16.3 Å². The number of urea groups is 1. The van der Waals surface area contributed by atoms with Gasteiger partial charge in [-0.2, -0.15) is 0 Å². The summed E-state index contributed by atoms with van der Waals surface area (Å²) in [6, 6.07) is 5.07. The highest BCUT2D eigenvalue weighted by molar-refractivity contribution is 7.08. The highest BCUT2D eigenvalue weighted by Gasteiger charge is 2.16. The van der Waals surface area contributed by atoms with Crippen LogP contribution in [0.2, 0.25) is 0 Å². The largest absolute Gasteiger partial charge is 0.326 e. The molecule has 3 amide bonds. The molecular formula is C13H14N4O2S. The second-order valence-electron chi connectivity index (χ2n) is 4.41. The number of nitrogens with zero attached hydrogens (tertiary/aromatic N) is 2. The van der Waals surface area contributed by atoms with E-state index in [1.807, 2.05) is 26.0 Å². The first-order valence-electron chi connectivity index (χ1n) is 5.96. The fourth-order valence-electron chi connectivity index (χ4n) is 1.71. The maximum Gasteiger partial charge on any atom is 0.326 e. The Balaban J connectivity index is 2.03. The van der Waals surface area contributed by atoms with Gasteiger partial charge in [-0.3, -0.25) is 10.1 Å². The van der Waals surface area contributed by atoms with E-state index in [1.54, 1.807) is 13.0 Å². The van der Waals surface area contributed by atoms with Crippen molar-refractivity contribution >= 4 is 29.2 Å². The summed E-state index contributed by atoms with van der Waals surface area (Å²) in [6.07, 6.45) is 0. The van der Waals surface area contributed by atoms with Gasteiger partial charge in [0.25, 0.3) is 5.91 Å². The minimum absolute atomic E-state index is 0.334. The predicted octanol–water partition coefficient (Wildman–Crippen LogP) is 2.43. The molecule has 0 unspecified atom stereocenters. The minimum atomic E-state index is -0.574. The van der Waals surface area contributed by atoms with Crippen molar-refractivity contribution in [3.05, 3.63) is 39.9 Å². The van der Waals surface area contributed by atoms with Crippen LogP contribution in [0.1, 0.15) is 26.5 Å². The smallest absolute Gasteiger partial charge is 0.307 e. The van der Waals surface area contributed by atoms with Gasteiger partial charge in [-0.25, -0.2) is 4.79 Å². The van der Waals surface area contributed by atoms with Gasteiger partial charge >= 0.3 is 6.03 Å². The molecule has 20 heavy (non-hydrogen) atoms. The third-order valence-electron chi connectivity index (χ3n) is 2.71. The van der Waals surface area contributed by atoms with Crippen LogP contribution in [0.5, 0.6) is 0 Å². The van der Waals surface area contributed by atoms with E-state index in [-0.39, 0.29) is 0 Å². The summed E-state index contributed by atoms with van der Waals surface area (Å²) in [4.78, 5) is 23.9. The number of hydrogen-bond acceptors (Lipinski definition) is 5. The zero-order chi connectivity index (χ0) is 14.7. The van der Waals surface area contributed by atoms with Crippen LogP contribution in [-0.2, 0) is 0 Å². The molecule has 0 atom stereocenters. The Bertz CT molecular complexity index is 666. The predicted molar refractivity (Wildman–Crippen MR) is 77.0 cm³/mol. The van der Waals surface area contributed by atoms with Crippen LogP contribution in [0, 0.1) is 20.8 Å². The van der Waals surface area contributed by atoms with Crippen molar-refractivity contribution in [1.82, 2.24) is 14.9 Å². The lowest BCUT2D eigenvalue weighted by Gasteiger charge is -2.09. The first-order valence-corrected chi connectivity index (χ1v) is 6.73. The van der Waals surface area contributed by atoms with Crippen molar-refractivity contribution < 1.29 is 9.59 Å². The van der Waals surface area contributed by atoms with Crippen LogP contribution in [0.25, 0.3) is 0 Å². The van der Waals surface area contributed by atoms with Gasteiger partial charge in [-0.15, -0.1) is 5.10 Å². The van der Waals surface area contributed by atoms with Crippen LogP contribution < -0.4 is 10.6 Å². The summed E-state index contributed by atoms with van der Waals surface area (Å²) >= 11 is 0.958. The molecule has 1 aromatic carbocycles. The lowest BCUT2D eigenvalue weighted by Crippen LogP contribution is -2.34. The van der Waals surface area contributed by atoms with E-state index in [0.717, 1.165) is 22.7 Å². The number of rotatable bonds is 2. The van der Waals surface area contributed by atoms with Gasteiger partial charge in [-0.1, -0.05) is 22.2 Å². The Hall–Kier alpha value is -2.28. The first-order chi connectivity index (χ1) is 9.47. The van der Waals surface area contributed by atoms with Crippen molar-refractivity contribution in [2.24, 2.45) is 0 Å². The van der Waals surface area contributed by atoms with Gasteiger partial charge in [0.1, 0.15) is 4.88 Å². The molecule has 0 aliphatic rings. The maximum absolute atomic E-state index is 11.8. The molecule has 0 bridgehead atoms. The maximum atomic E-state index is 11.8.